The summed E-state index contributed by atoms with van der Waals surface area (Å²) in [6.07, 6.45) is 0. The van der Waals surface area contributed by atoms with Crippen molar-refractivity contribution in [3.8, 4) is 5.75 Å². The van der Waals surface area contributed by atoms with E-state index in [1.165, 1.54) is 0 Å². The van der Waals surface area contributed by atoms with Crippen molar-refractivity contribution < 1.29 is 9.47 Å². The second kappa shape index (κ2) is 4.74. The van der Waals surface area contributed by atoms with E-state index in [1.807, 2.05) is 17.7 Å². The normalized spacial score (nSPS) is 10.0. The molecule has 0 radical (unpaired) electrons. The molecule has 0 aliphatic rings. The zero-order valence-electron chi connectivity index (χ0n) is 6.17. The molecule has 0 saturated heterocycles. The molecule has 1 aromatic rings. The van der Waals surface area contributed by atoms with Crippen molar-refractivity contribution in [1.82, 2.24) is 0 Å². The van der Waals surface area contributed by atoms with Gasteiger partial charge < -0.3 is 9.47 Å². The summed E-state index contributed by atoms with van der Waals surface area (Å²) in [5.74, 6) is 0.850. The van der Waals surface area contributed by atoms with Crippen LogP contribution in [0.25, 0.3) is 0 Å². The van der Waals surface area contributed by atoms with Gasteiger partial charge in [-0.25, -0.2) is 0 Å². The van der Waals surface area contributed by atoms with Gasteiger partial charge in [-0.3, -0.25) is 0 Å². The van der Waals surface area contributed by atoms with Crippen LogP contribution in [0.1, 0.15) is 6.92 Å². The molecule has 0 fully saturated rings. The standard InChI is InChI=1S/C7H9BrO2S/c1-2-9-5-10-7-4-11-3-6(7)8/h3-4H,2,5H2,1H3. The fourth-order valence-electron chi connectivity index (χ4n) is 0.561. The monoisotopic (exact) mass is 236 g/mol. The van der Waals surface area contributed by atoms with E-state index in [9.17, 15) is 0 Å². The van der Waals surface area contributed by atoms with Gasteiger partial charge in [0.25, 0.3) is 0 Å². The number of thiophene rings is 1. The highest BCUT2D eigenvalue weighted by atomic mass is 79.9. The van der Waals surface area contributed by atoms with Crippen LogP contribution in [-0.2, 0) is 4.74 Å². The van der Waals surface area contributed by atoms with Gasteiger partial charge in [0.2, 0.25) is 0 Å². The largest absolute Gasteiger partial charge is 0.465 e. The van der Waals surface area contributed by atoms with Crippen molar-refractivity contribution in [3.63, 3.8) is 0 Å². The second-order valence-corrected chi connectivity index (χ2v) is 3.44. The van der Waals surface area contributed by atoms with E-state index in [2.05, 4.69) is 15.9 Å². The maximum absolute atomic E-state index is 5.26. The molecule has 0 amide bonds. The van der Waals surface area contributed by atoms with E-state index < -0.39 is 0 Å². The Morgan fingerprint density at radius 2 is 2.36 bits per heavy atom. The summed E-state index contributed by atoms with van der Waals surface area (Å²) >= 11 is 4.95. The highest BCUT2D eigenvalue weighted by Crippen LogP contribution is 2.28. The van der Waals surface area contributed by atoms with Gasteiger partial charge in [0.15, 0.2) is 6.79 Å². The van der Waals surface area contributed by atoms with Crippen LogP contribution >= 0.6 is 27.3 Å². The summed E-state index contributed by atoms with van der Waals surface area (Å²) in [6, 6.07) is 0. The number of hydrogen-bond acceptors (Lipinski definition) is 3. The molecule has 0 N–H and O–H groups in total. The van der Waals surface area contributed by atoms with E-state index in [4.69, 9.17) is 9.47 Å². The molecule has 1 rings (SSSR count). The maximum Gasteiger partial charge on any atom is 0.189 e. The van der Waals surface area contributed by atoms with E-state index in [1.54, 1.807) is 11.3 Å². The van der Waals surface area contributed by atoms with Crippen LogP contribution in [0.2, 0.25) is 0 Å². The smallest absolute Gasteiger partial charge is 0.189 e. The molecule has 62 valence electrons. The molecule has 0 aliphatic carbocycles. The van der Waals surface area contributed by atoms with Crippen LogP contribution in [0.4, 0.5) is 0 Å². The summed E-state index contributed by atoms with van der Waals surface area (Å²) in [5, 5.41) is 3.91. The first-order valence-corrected chi connectivity index (χ1v) is 5.00. The molecule has 1 aromatic heterocycles. The van der Waals surface area contributed by atoms with Crippen molar-refractivity contribution in [2.75, 3.05) is 13.4 Å². The van der Waals surface area contributed by atoms with Crippen molar-refractivity contribution in [3.05, 3.63) is 15.2 Å². The summed E-state index contributed by atoms with van der Waals surface area (Å²) in [6.45, 7) is 2.94. The Labute approximate surface area is 78.3 Å². The van der Waals surface area contributed by atoms with Crippen LogP contribution < -0.4 is 4.74 Å². The predicted octanol–water partition coefficient (Wildman–Crippen LogP) is 2.88. The van der Waals surface area contributed by atoms with Crippen molar-refractivity contribution in [2.45, 2.75) is 6.92 Å². The van der Waals surface area contributed by atoms with Crippen molar-refractivity contribution >= 4 is 27.3 Å². The molecular weight excluding hydrogens is 228 g/mol. The summed E-state index contributed by atoms with van der Waals surface area (Å²) in [4.78, 5) is 0. The van der Waals surface area contributed by atoms with E-state index in [0.29, 0.717) is 13.4 Å². The number of halogens is 1. The lowest BCUT2D eigenvalue weighted by Gasteiger charge is -2.02. The van der Waals surface area contributed by atoms with E-state index in [0.717, 1.165) is 10.2 Å². The molecule has 1 heterocycles. The molecule has 0 unspecified atom stereocenters. The van der Waals surface area contributed by atoms with Gasteiger partial charge in [0.05, 0.1) is 4.47 Å². The van der Waals surface area contributed by atoms with Gasteiger partial charge in [-0.1, -0.05) is 0 Å². The molecule has 0 aromatic carbocycles. The number of hydrogen-bond donors (Lipinski definition) is 0. The third kappa shape index (κ3) is 2.81. The van der Waals surface area contributed by atoms with Gasteiger partial charge >= 0.3 is 0 Å². The van der Waals surface area contributed by atoms with E-state index in [-0.39, 0.29) is 0 Å². The fraction of sp³-hybridized carbons (Fsp3) is 0.429. The second-order valence-electron chi connectivity index (χ2n) is 1.84. The Bertz CT molecular complexity index is 212. The zero-order chi connectivity index (χ0) is 8.10. The quantitative estimate of drug-likeness (QED) is 0.592. The molecule has 0 atom stereocenters. The van der Waals surface area contributed by atoms with E-state index >= 15 is 0 Å². The number of ether oxygens (including phenoxy) is 2. The minimum atomic E-state index is 0.325. The van der Waals surface area contributed by atoms with Gasteiger partial charge in [-0.05, 0) is 22.9 Å². The maximum atomic E-state index is 5.26. The third-order valence-corrected chi connectivity index (χ3v) is 2.73. The average molecular weight is 237 g/mol. The molecular formula is C7H9BrO2S. The lowest BCUT2D eigenvalue weighted by Crippen LogP contribution is -2.01. The molecule has 0 saturated carbocycles. The third-order valence-electron chi connectivity index (χ3n) is 1.08. The minimum absolute atomic E-state index is 0.325. The van der Waals surface area contributed by atoms with Crippen molar-refractivity contribution in [1.29, 1.82) is 0 Å². The average Bonchev–Trinajstić information content (AvgIpc) is 2.37. The Kier molecular flexibility index (Phi) is 3.90. The Hall–Kier alpha value is -0.0600. The molecule has 0 aliphatic heterocycles. The SMILES string of the molecule is CCOCOc1cscc1Br. The molecule has 4 heteroatoms. The van der Waals surface area contributed by atoms with Crippen LogP contribution in [0.15, 0.2) is 15.2 Å². The fourth-order valence-corrected chi connectivity index (χ4v) is 1.89. The van der Waals surface area contributed by atoms with Crippen LogP contribution in [0.5, 0.6) is 5.75 Å². The topological polar surface area (TPSA) is 18.5 Å². The molecule has 0 spiro atoms. The summed E-state index contributed by atoms with van der Waals surface area (Å²) in [5.41, 5.74) is 0. The first-order chi connectivity index (χ1) is 5.34. The van der Waals surface area contributed by atoms with Gasteiger partial charge in [0, 0.05) is 17.4 Å². The highest BCUT2D eigenvalue weighted by molar-refractivity contribution is 9.10. The summed E-state index contributed by atoms with van der Waals surface area (Å²) in [7, 11) is 0. The Morgan fingerprint density at radius 3 is 2.91 bits per heavy atom. The summed E-state index contributed by atoms with van der Waals surface area (Å²) < 4.78 is 11.3. The van der Waals surface area contributed by atoms with Crippen LogP contribution in [0, 0.1) is 0 Å². The van der Waals surface area contributed by atoms with Crippen LogP contribution in [-0.4, -0.2) is 13.4 Å². The first kappa shape index (κ1) is 9.03. The minimum Gasteiger partial charge on any atom is -0.465 e. The van der Waals surface area contributed by atoms with Gasteiger partial charge in [-0.15, -0.1) is 11.3 Å². The zero-order valence-corrected chi connectivity index (χ0v) is 8.57. The Balaban J connectivity index is 2.32. The van der Waals surface area contributed by atoms with Gasteiger partial charge in [-0.2, -0.15) is 0 Å². The highest BCUT2D eigenvalue weighted by Gasteiger charge is 1.99. The lowest BCUT2D eigenvalue weighted by molar-refractivity contribution is 0.0222. The lowest BCUT2D eigenvalue weighted by atomic mass is 10.6. The molecule has 11 heavy (non-hydrogen) atoms. The Morgan fingerprint density at radius 1 is 1.55 bits per heavy atom. The van der Waals surface area contributed by atoms with Crippen LogP contribution in [0.3, 0.4) is 0 Å². The first-order valence-electron chi connectivity index (χ1n) is 3.26. The molecule has 2 nitrogen and oxygen atoms in total. The molecule has 0 bridgehead atoms. The number of rotatable bonds is 4. The van der Waals surface area contributed by atoms with Gasteiger partial charge in [0.1, 0.15) is 5.75 Å². The predicted molar refractivity (Wildman–Crippen MR) is 49.1 cm³/mol. The van der Waals surface area contributed by atoms with Crippen molar-refractivity contribution in [2.24, 2.45) is 0 Å².